The van der Waals surface area contributed by atoms with Crippen molar-refractivity contribution in [1.82, 2.24) is 0 Å². The second-order valence-electron chi connectivity index (χ2n) is 26.1. The van der Waals surface area contributed by atoms with E-state index in [2.05, 4.69) is 0 Å². The molecule has 14 bridgehead atoms. The van der Waals surface area contributed by atoms with E-state index in [0.29, 0.717) is 0 Å². The summed E-state index contributed by atoms with van der Waals surface area (Å²) in [6.45, 7) is -12.5. The van der Waals surface area contributed by atoms with E-state index in [4.69, 9.17) is 99.5 Å². The van der Waals surface area contributed by atoms with E-state index in [1.54, 1.807) is 0 Å². The third-order valence-corrected chi connectivity index (χ3v) is 18.9. The zero-order chi connectivity index (χ0) is 75.9. The van der Waals surface area contributed by atoms with Gasteiger partial charge in [0.05, 0.1) is 46.2 Å². The molecule has 0 aromatic heterocycles. The normalized spacial score (nSPS) is 43.8. The number of rotatable bonds is 35. The Kier molecular flexibility index (Phi) is 38.3. The maximum Gasteiger partial charge on any atom is 0.187 e. The molecule has 15 aliphatic heterocycles. The Labute approximate surface area is 603 Å². The lowest BCUT2D eigenvalue weighted by molar-refractivity contribution is -0.402. The molecule has 0 amide bonds. The molecular weight excluding hydrogens is 1430 g/mol. The highest BCUT2D eigenvalue weighted by Crippen LogP contribution is 2.42. The van der Waals surface area contributed by atoms with Crippen LogP contribution in [-0.2, 0) is 99.5 Å². The highest BCUT2D eigenvalue weighted by atomic mass is 16.8. The average molecular weight is 1540 g/mol. The molecule has 0 saturated carbocycles. The van der Waals surface area contributed by atoms with Crippen LogP contribution in [0.25, 0.3) is 0 Å². The zero-order valence-electron chi connectivity index (χ0n) is 58.0. The van der Waals surface area contributed by atoms with Gasteiger partial charge in [-0.1, -0.05) is 0 Å². The van der Waals surface area contributed by atoms with Crippen molar-refractivity contribution in [2.45, 2.75) is 260 Å². The standard InChI is InChI=1S/C63H112O42/c64-8-1-15-85-50-36(78)43-29(22-71)92-57(50)99-44-30(23-72)93-59(51(37(44)79)86-16-2-9-65)101-46-32(25-74)95-61(53(39(46)81)88-18-4-11-67)103-48-34(27-76)97-63(55(41(48)83)90-20-6-13-69)105-49-35(28-77)98-62(56(42(49)84)91-21-7-14-70)104-47-33(26-75)96-60(54(40(47)82)89-19-5-12-68)102-45-31(24-73)94-58(100-43)52(38(45)80)87-17-3-10-66/h29-84H,1-28H2/t29-,30-,31-,32-,33-,34-,35-,36+,37+,38+,39+,40+,41+,42+,43-,44-,45-,46-,47-,48-,49-,50-,51-,52-,53-,54-,55-,56-,57-,58-,59-,60-,61-,62-,63-/m1/s1. The number of hydrogen-bond donors (Lipinski definition) is 21. The minimum absolute atomic E-state index is 0.0610. The fourth-order valence-corrected chi connectivity index (χ4v) is 13.5. The molecule has 21 N–H and O–H groups in total. The van der Waals surface area contributed by atoms with Crippen LogP contribution in [0.3, 0.4) is 0 Å². The molecule has 35 atom stereocenters. The molecule has 105 heavy (non-hydrogen) atoms. The van der Waals surface area contributed by atoms with Crippen LogP contribution in [0.1, 0.15) is 44.9 Å². The Morgan fingerprint density at radius 2 is 0.286 bits per heavy atom. The first-order valence-electron chi connectivity index (χ1n) is 35.7. The number of aliphatic hydroxyl groups is 21. The van der Waals surface area contributed by atoms with Gasteiger partial charge < -0.3 is 207 Å². The summed E-state index contributed by atoms with van der Waals surface area (Å²) in [5.41, 5.74) is 0. The van der Waals surface area contributed by atoms with Gasteiger partial charge in [-0.3, -0.25) is 0 Å². The second-order valence-corrected chi connectivity index (χ2v) is 26.1. The van der Waals surface area contributed by atoms with Crippen molar-refractivity contribution >= 4 is 0 Å². The van der Waals surface area contributed by atoms with Crippen molar-refractivity contribution in [3.8, 4) is 0 Å². The summed E-state index contributed by atoms with van der Waals surface area (Å²) in [6, 6.07) is 0. The van der Waals surface area contributed by atoms with Gasteiger partial charge in [0.25, 0.3) is 0 Å². The lowest BCUT2D eigenvalue weighted by atomic mass is 9.94. The summed E-state index contributed by atoms with van der Waals surface area (Å²) in [7, 11) is 0. The van der Waals surface area contributed by atoms with Crippen molar-refractivity contribution in [1.29, 1.82) is 0 Å². The lowest BCUT2D eigenvalue weighted by Gasteiger charge is -2.51. The smallest absolute Gasteiger partial charge is 0.187 e. The van der Waals surface area contributed by atoms with Crippen LogP contribution in [0, 0.1) is 0 Å². The monoisotopic (exact) mass is 1540 g/mol. The Morgan fingerprint density at radius 1 is 0.171 bits per heavy atom. The molecule has 0 aromatic carbocycles. The Morgan fingerprint density at radius 3 is 0.381 bits per heavy atom. The van der Waals surface area contributed by atoms with Gasteiger partial charge in [-0.25, -0.2) is 0 Å². The minimum Gasteiger partial charge on any atom is -0.396 e. The van der Waals surface area contributed by atoms with Crippen LogP contribution < -0.4 is 0 Å². The van der Waals surface area contributed by atoms with E-state index in [-0.39, 0.29) is 91.2 Å². The van der Waals surface area contributed by atoms with Crippen LogP contribution in [0.2, 0.25) is 0 Å². The minimum atomic E-state index is -2.00. The quantitative estimate of drug-likeness (QED) is 0.0262. The fourth-order valence-electron chi connectivity index (χ4n) is 13.5. The Bertz CT molecular complexity index is 1910. The molecule has 0 aromatic rings. The first-order chi connectivity index (χ1) is 50.9. The molecule has 616 valence electrons. The van der Waals surface area contributed by atoms with Crippen LogP contribution in [0.15, 0.2) is 0 Å². The molecule has 15 heterocycles. The summed E-state index contributed by atoms with van der Waals surface area (Å²) in [4.78, 5) is 0. The Balaban J connectivity index is 1.23. The first kappa shape index (κ1) is 88.9. The topological polar surface area (TPSA) is 619 Å². The van der Waals surface area contributed by atoms with E-state index >= 15 is 0 Å². The van der Waals surface area contributed by atoms with Crippen LogP contribution >= 0.6 is 0 Å². The van der Waals surface area contributed by atoms with Gasteiger partial charge in [-0.15, -0.1) is 0 Å². The molecule has 42 nitrogen and oxygen atoms in total. The SMILES string of the molecule is OCCCO[C@H]1[C@H]2O[C@H]3[C@H](O)[C@@H](OCCCO)[C@@H](O[C@H]4[C@H](O)[C@@H](OCCCO)[C@@H](O[C@H]5[C@H](O)[C@@H](OCCCO)[C@@H](O[C@H]6[C@H](O)[C@@H](OCCCO)[C@@H](O[C@H]7[C@H](O)[C@@H](OCCCO)[C@@H](O[C@H]8[C@H](O)[C@@H](OCCCO)[C@@H](O[C@@H]([C@@H]1O)[C@@H](CO)O2)O[C@@H]8CO)O[C@@H]7CO)O[C@@H]6CO)O[C@@H]5CO)O[C@@H]4CO)O[C@@H]3CO. The van der Waals surface area contributed by atoms with Crippen molar-refractivity contribution in [3.05, 3.63) is 0 Å². The van der Waals surface area contributed by atoms with Crippen LogP contribution in [0.5, 0.6) is 0 Å². The third-order valence-electron chi connectivity index (χ3n) is 18.9. The predicted molar refractivity (Wildman–Crippen MR) is 336 cm³/mol. The molecule has 0 radical (unpaired) electrons. The van der Waals surface area contributed by atoms with E-state index in [0.717, 1.165) is 0 Å². The molecule has 15 fully saturated rings. The summed E-state index contributed by atoms with van der Waals surface area (Å²) in [6.07, 6.45) is -64.3. The van der Waals surface area contributed by atoms with Gasteiger partial charge in [0.2, 0.25) is 0 Å². The van der Waals surface area contributed by atoms with Gasteiger partial charge in [-0.2, -0.15) is 0 Å². The van der Waals surface area contributed by atoms with E-state index in [1.807, 2.05) is 0 Å². The summed E-state index contributed by atoms with van der Waals surface area (Å²) in [5, 5.41) is 234. The molecule has 42 heteroatoms. The predicted octanol–water partition coefficient (Wildman–Crippen LogP) is -12.4. The number of hydrogen-bond acceptors (Lipinski definition) is 42. The van der Waals surface area contributed by atoms with Crippen molar-refractivity contribution in [2.75, 3.05) is 139 Å². The first-order valence-corrected chi connectivity index (χ1v) is 35.7. The van der Waals surface area contributed by atoms with Gasteiger partial charge in [0.15, 0.2) is 44.0 Å². The van der Waals surface area contributed by atoms with Gasteiger partial charge in [0.1, 0.15) is 171 Å². The number of ether oxygens (including phenoxy) is 21. The fraction of sp³-hybridized carbons (Fsp3) is 1.00. The summed E-state index contributed by atoms with van der Waals surface area (Å²) >= 11 is 0. The molecule has 15 saturated heterocycles. The number of fused-ring (bicyclic) bond motifs is 7. The summed E-state index contributed by atoms with van der Waals surface area (Å²) in [5.74, 6) is 0. The van der Waals surface area contributed by atoms with Crippen LogP contribution in [0.4, 0.5) is 0 Å². The average Bonchev–Trinajstić information content (AvgIpc) is 0.787. The van der Waals surface area contributed by atoms with Crippen molar-refractivity contribution < 1.29 is 207 Å². The highest BCUT2D eigenvalue weighted by Gasteiger charge is 2.61. The summed E-state index contributed by atoms with van der Waals surface area (Å²) < 4.78 is 131. The largest absolute Gasteiger partial charge is 0.396 e. The Hall–Kier alpha value is -1.68. The van der Waals surface area contributed by atoms with E-state index < -0.39 is 307 Å². The van der Waals surface area contributed by atoms with Crippen LogP contribution in [-0.4, -0.2) is 461 Å². The van der Waals surface area contributed by atoms with E-state index in [9.17, 15) is 107 Å². The maximum atomic E-state index is 12.5. The van der Waals surface area contributed by atoms with E-state index in [1.165, 1.54) is 0 Å². The third kappa shape index (κ3) is 22.2. The molecule has 0 unspecified atom stereocenters. The molecule has 15 aliphatic rings. The van der Waals surface area contributed by atoms with Gasteiger partial charge in [-0.05, 0) is 44.9 Å². The number of aliphatic hydroxyl groups excluding tert-OH is 21. The molecule has 15 rings (SSSR count). The lowest BCUT2D eigenvalue weighted by Crippen LogP contribution is -2.69. The highest BCUT2D eigenvalue weighted by molar-refractivity contribution is 5.03. The molecule has 0 aliphatic carbocycles. The van der Waals surface area contributed by atoms with Gasteiger partial charge >= 0.3 is 0 Å². The second kappa shape index (κ2) is 45.3. The maximum absolute atomic E-state index is 12.5. The zero-order valence-corrected chi connectivity index (χ0v) is 58.0. The molecular formula is C63H112O42. The molecule has 0 spiro atoms. The van der Waals surface area contributed by atoms with Crippen molar-refractivity contribution in [3.63, 3.8) is 0 Å². The van der Waals surface area contributed by atoms with Crippen molar-refractivity contribution in [2.24, 2.45) is 0 Å². The van der Waals surface area contributed by atoms with Gasteiger partial charge in [0, 0.05) is 92.5 Å².